The number of ketones is 1. The molecule has 0 spiro atoms. The lowest BCUT2D eigenvalue weighted by Crippen LogP contribution is -2.31. The van der Waals surface area contributed by atoms with Gasteiger partial charge in [-0.3, -0.25) is 9.59 Å². The van der Waals surface area contributed by atoms with Crippen LogP contribution in [0.5, 0.6) is 0 Å². The number of carbonyl (C=O) groups excluding carboxylic acids is 2. The molecule has 0 saturated heterocycles. The Morgan fingerprint density at radius 1 is 1.50 bits per heavy atom. The van der Waals surface area contributed by atoms with Gasteiger partial charge in [0.25, 0.3) is 0 Å². The van der Waals surface area contributed by atoms with Gasteiger partial charge in [0, 0.05) is 18.2 Å². The zero-order valence-corrected chi connectivity index (χ0v) is 10.1. The van der Waals surface area contributed by atoms with Crippen molar-refractivity contribution in [1.82, 2.24) is 5.32 Å². The highest BCUT2D eigenvalue weighted by molar-refractivity contribution is 5.91. The third kappa shape index (κ3) is 4.04. The van der Waals surface area contributed by atoms with Crippen LogP contribution in [0.1, 0.15) is 33.6 Å². The average Bonchev–Trinajstić information content (AvgIpc) is 2.12. The van der Waals surface area contributed by atoms with E-state index in [9.17, 15) is 9.59 Å². The summed E-state index contributed by atoms with van der Waals surface area (Å²) in [6.45, 7) is 6.37. The maximum atomic E-state index is 11.4. The number of nitrogens with one attached hydrogen (secondary N) is 1. The molecule has 0 aromatic rings. The Hall–Kier alpha value is -1.32. The van der Waals surface area contributed by atoms with Crippen molar-refractivity contribution >= 4 is 11.8 Å². The van der Waals surface area contributed by atoms with E-state index < -0.39 is 0 Å². The Balaban J connectivity index is 2.48. The highest BCUT2D eigenvalue weighted by Gasteiger charge is 2.27. The van der Waals surface area contributed by atoms with Crippen LogP contribution in [-0.2, 0) is 14.3 Å². The predicted molar refractivity (Wildman–Crippen MR) is 60.7 cm³/mol. The van der Waals surface area contributed by atoms with Crippen LogP contribution in [0.3, 0.4) is 0 Å². The van der Waals surface area contributed by atoms with Gasteiger partial charge in [0.2, 0.25) is 0 Å². The molecule has 4 heteroatoms. The van der Waals surface area contributed by atoms with E-state index in [0.717, 1.165) is 12.1 Å². The maximum absolute atomic E-state index is 11.4. The van der Waals surface area contributed by atoms with Gasteiger partial charge in [-0.05, 0) is 18.8 Å². The molecule has 0 aliphatic heterocycles. The number of rotatable bonds is 4. The fourth-order valence-corrected chi connectivity index (χ4v) is 1.86. The van der Waals surface area contributed by atoms with Gasteiger partial charge in [-0.1, -0.05) is 13.8 Å². The van der Waals surface area contributed by atoms with Crippen LogP contribution in [0.4, 0.5) is 0 Å². The van der Waals surface area contributed by atoms with Crippen molar-refractivity contribution in [1.29, 1.82) is 0 Å². The zero-order valence-electron chi connectivity index (χ0n) is 10.1. The normalized spacial score (nSPS) is 18.9. The first-order chi connectivity index (χ1) is 7.43. The molecular formula is C12H19NO3. The fourth-order valence-electron chi connectivity index (χ4n) is 1.86. The molecule has 0 saturated carbocycles. The summed E-state index contributed by atoms with van der Waals surface area (Å²) in [5.74, 6) is -0.179. The van der Waals surface area contributed by atoms with Crippen molar-refractivity contribution in [3.8, 4) is 0 Å². The van der Waals surface area contributed by atoms with E-state index in [1.165, 1.54) is 0 Å². The highest BCUT2D eigenvalue weighted by Crippen LogP contribution is 2.32. The van der Waals surface area contributed by atoms with Crippen LogP contribution in [0.2, 0.25) is 0 Å². The molecule has 16 heavy (non-hydrogen) atoms. The average molecular weight is 225 g/mol. The molecule has 1 rings (SSSR count). The number of esters is 1. The van der Waals surface area contributed by atoms with Gasteiger partial charge in [0.05, 0.1) is 6.61 Å². The zero-order chi connectivity index (χ0) is 12.2. The van der Waals surface area contributed by atoms with Gasteiger partial charge in [0.1, 0.15) is 6.54 Å². The van der Waals surface area contributed by atoms with Crippen LogP contribution in [0, 0.1) is 5.41 Å². The van der Waals surface area contributed by atoms with Crippen LogP contribution in [0.15, 0.2) is 11.8 Å². The number of hydrogen-bond donors (Lipinski definition) is 1. The summed E-state index contributed by atoms with van der Waals surface area (Å²) in [5.41, 5.74) is 0.803. The van der Waals surface area contributed by atoms with Gasteiger partial charge < -0.3 is 10.1 Å². The standard InChI is InChI=1S/C12H19NO3/c1-4-16-11(15)8-13-9-5-10(14)7-12(2,3)6-9/h5,13H,4,6-8H2,1-3H3. The summed E-state index contributed by atoms with van der Waals surface area (Å²) in [6, 6.07) is 0. The number of hydrogen-bond acceptors (Lipinski definition) is 4. The van der Waals surface area contributed by atoms with Gasteiger partial charge in [0.15, 0.2) is 5.78 Å². The lowest BCUT2D eigenvalue weighted by Gasteiger charge is -2.29. The highest BCUT2D eigenvalue weighted by atomic mass is 16.5. The second-order valence-corrected chi connectivity index (χ2v) is 4.81. The van der Waals surface area contributed by atoms with Crippen LogP contribution < -0.4 is 5.32 Å². The summed E-state index contributed by atoms with van der Waals surface area (Å²) < 4.78 is 4.80. The van der Waals surface area contributed by atoms with Gasteiger partial charge in [-0.15, -0.1) is 0 Å². The Bertz CT molecular complexity index is 318. The van der Waals surface area contributed by atoms with Gasteiger partial charge in [-0.25, -0.2) is 0 Å². The molecule has 0 fully saturated rings. The molecule has 0 unspecified atom stereocenters. The van der Waals surface area contributed by atoms with Crippen LogP contribution >= 0.6 is 0 Å². The molecule has 1 aliphatic rings. The van der Waals surface area contributed by atoms with E-state index in [2.05, 4.69) is 5.32 Å². The molecular weight excluding hydrogens is 206 g/mol. The third-order valence-electron chi connectivity index (χ3n) is 2.42. The van der Waals surface area contributed by atoms with E-state index in [4.69, 9.17) is 4.74 Å². The Morgan fingerprint density at radius 2 is 2.19 bits per heavy atom. The van der Waals surface area contributed by atoms with E-state index in [1.54, 1.807) is 13.0 Å². The molecule has 90 valence electrons. The Labute approximate surface area is 96.0 Å². The number of allylic oxidation sites excluding steroid dienone is 2. The third-order valence-corrected chi connectivity index (χ3v) is 2.42. The van der Waals surface area contributed by atoms with E-state index in [1.807, 2.05) is 13.8 Å². The topological polar surface area (TPSA) is 55.4 Å². The second-order valence-electron chi connectivity index (χ2n) is 4.81. The first kappa shape index (κ1) is 12.7. The van der Waals surface area contributed by atoms with Crippen LogP contribution in [0.25, 0.3) is 0 Å². The van der Waals surface area contributed by atoms with Crippen molar-refractivity contribution < 1.29 is 14.3 Å². The van der Waals surface area contributed by atoms with Gasteiger partial charge in [-0.2, -0.15) is 0 Å². The lowest BCUT2D eigenvalue weighted by molar-refractivity contribution is -0.141. The summed E-state index contributed by atoms with van der Waals surface area (Å²) >= 11 is 0. The minimum Gasteiger partial charge on any atom is -0.465 e. The summed E-state index contributed by atoms with van der Waals surface area (Å²) in [6.07, 6.45) is 2.94. The minimum absolute atomic E-state index is 0.0250. The van der Waals surface area contributed by atoms with Crippen molar-refractivity contribution in [2.45, 2.75) is 33.6 Å². The van der Waals surface area contributed by atoms with Crippen molar-refractivity contribution in [3.63, 3.8) is 0 Å². The minimum atomic E-state index is -0.292. The van der Waals surface area contributed by atoms with Gasteiger partial charge >= 0.3 is 5.97 Å². The monoisotopic (exact) mass is 225 g/mol. The van der Waals surface area contributed by atoms with E-state index in [0.29, 0.717) is 13.0 Å². The van der Waals surface area contributed by atoms with Crippen molar-refractivity contribution in [2.24, 2.45) is 5.41 Å². The summed E-state index contributed by atoms with van der Waals surface area (Å²) in [4.78, 5) is 22.6. The van der Waals surface area contributed by atoms with E-state index in [-0.39, 0.29) is 23.7 Å². The molecule has 0 aromatic heterocycles. The molecule has 4 nitrogen and oxygen atoms in total. The molecule has 0 atom stereocenters. The quantitative estimate of drug-likeness (QED) is 0.735. The molecule has 0 amide bonds. The van der Waals surface area contributed by atoms with Crippen molar-refractivity contribution in [3.05, 3.63) is 11.8 Å². The SMILES string of the molecule is CCOC(=O)CNC1=CC(=O)CC(C)(C)C1. The fraction of sp³-hybridized carbons (Fsp3) is 0.667. The second kappa shape index (κ2) is 5.14. The molecule has 0 radical (unpaired) electrons. The number of ether oxygens (including phenoxy) is 1. The van der Waals surface area contributed by atoms with E-state index >= 15 is 0 Å². The summed E-state index contributed by atoms with van der Waals surface area (Å²) in [7, 11) is 0. The van der Waals surface area contributed by atoms with Crippen molar-refractivity contribution in [2.75, 3.05) is 13.2 Å². The first-order valence-electron chi connectivity index (χ1n) is 5.56. The number of carbonyl (C=O) groups is 2. The van der Waals surface area contributed by atoms with Crippen LogP contribution in [-0.4, -0.2) is 24.9 Å². The molecule has 0 aromatic carbocycles. The predicted octanol–water partition coefficient (Wildman–Crippen LogP) is 1.41. The Morgan fingerprint density at radius 3 is 2.75 bits per heavy atom. The smallest absolute Gasteiger partial charge is 0.325 e. The molecule has 1 aliphatic carbocycles. The maximum Gasteiger partial charge on any atom is 0.325 e. The lowest BCUT2D eigenvalue weighted by atomic mass is 9.79. The molecule has 0 bridgehead atoms. The largest absolute Gasteiger partial charge is 0.465 e. The first-order valence-corrected chi connectivity index (χ1v) is 5.56. The molecule has 0 heterocycles. The Kier molecular flexibility index (Phi) is 4.10. The summed E-state index contributed by atoms with van der Waals surface area (Å²) in [5, 5.41) is 2.96. The molecule has 1 N–H and O–H groups in total.